The smallest absolute Gasteiger partial charge is 0.407 e. The Morgan fingerprint density at radius 3 is 2.29 bits per heavy atom. The van der Waals surface area contributed by atoms with Gasteiger partial charge >= 0.3 is 6.09 Å². The zero-order valence-corrected chi connectivity index (χ0v) is 29.5. The van der Waals surface area contributed by atoms with Crippen molar-refractivity contribution in [1.82, 2.24) is 40.0 Å². The number of hydrogen-bond donors (Lipinski definition) is 3. The highest BCUT2D eigenvalue weighted by molar-refractivity contribution is 7.18. The van der Waals surface area contributed by atoms with Gasteiger partial charge in [-0.25, -0.2) is 19.7 Å². The van der Waals surface area contributed by atoms with Crippen LogP contribution in [0.25, 0.3) is 43.5 Å². The molecule has 12 heteroatoms. The van der Waals surface area contributed by atoms with Crippen LogP contribution in [0.4, 0.5) is 4.79 Å². The van der Waals surface area contributed by atoms with Crippen LogP contribution in [0.15, 0.2) is 67.1 Å². The molecule has 0 spiro atoms. The minimum Gasteiger partial charge on any atom is -0.453 e. The van der Waals surface area contributed by atoms with Gasteiger partial charge in [-0.1, -0.05) is 69.3 Å². The molecule has 1 aliphatic rings. The maximum Gasteiger partial charge on any atom is 0.407 e. The van der Waals surface area contributed by atoms with Gasteiger partial charge in [0.1, 0.15) is 22.7 Å². The van der Waals surface area contributed by atoms with E-state index in [-0.39, 0.29) is 17.9 Å². The van der Waals surface area contributed by atoms with E-state index in [0.29, 0.717) is 6.54 Å². The summed E-state index contributed by atoms with van der Waals surface area (Å²) < 4.78 is 4.75. The maximum atomic E-state index is 13.5. The van der Waals surface area contributed by atoms with Crippen LogP contribution in [0.5, 0.6) is 0 Å². The van der Waals surface area contributed by atoms with Crippen LogP contribution in [-0.2, 0) is 16.1 Å². The van der Waals surface area contributed by atoms with Crippen molar-refractivity contribution in [3.05, 3.63) is 78.8 Å². The fraction of sp³-hybridized carbons (Fsp3) is 0.378. The normalized spacial score (nSPS) is 15.2. The van der Waals surface area contributed by atoms with Gasteiger partial charge in [0.25, 0.3) is 0 Å². The molecule has 49 heavy (non-hydrogen) atoms. The lowest BCUT2D eigenvalue weighted by molar-refractivity contribution is -0.135. The Balaban J connectivity index is 1.10. The van der Waals surface area contributed by atoms with Crippen molar-refractivity contribution in [1.29, 1.82) is 0 Å². The van der Waals surface area contributed by atoms with Crippen LogP contribution < -0.4 is 5.32 Å². The molecule has 0 radical (unpaired) electrons. The second kappa shape index (κ2) is 15.2. The van der Waals surface area contributed by atoms with Crippen molar-refractivity contribution in [2.75, 3.05) is 27.2 Å². The number of thiazole rings is 1. The summed E-state index contributed by atoms with van der Waals surface area (Å²) in [4.78, 5) is 51.4. The molecule has 1 saturated heterocycles. The molecule has 1 unspecified atom stereocenters. The van der Waals surface area contributed by atoms with E-state index in [4.69, 9.17) is 9.72 Å². The van der Waals surface area contributed by atoms with E-state index in [9.17, 15) is 9.59 Å². The first-order valence-electron chi connectivity index (χ1n) is 16.8. The molecule has 11 nitrogen and oxygen atoms in total. The summed E-state index contributed by atoms with van der Waals surface area (Å²) in [5.74, 6) is 1.51. The number of likely N-dealkylation sites (tertiary alicyclic amines) is 1. The second-order valence-electron chi connectivity index (χ2n) is 12.9. The summed E-state index contributed by atoms with van der Waals surface area (Å²) in [5.41, 5.74) is 6.16. The lowest BCUT2D eigenvalue weighted by Gasteiger charge is -2.30. The van der Waals surface area contributed by atoms with Crippen molar-refractivity contribution in [2.45, 2.75) is 58.7 Å². The number of amides is 2. The van der Waals surface area contributed by atoms with E-state index in [1.165, 1.54) is 7.11 Å². The molecule has 1 aliphatic heterocycles. The number of carbonyl (C=O) groups is 2. The number of H-pyrrole nitrogens is 2. The van der Waals surface area contributed by atoms with Crippen molar-refractivity contribution in [2.24, 2.45) is 5.92 Å². The number of hydrogen-bond acceptors (Lipinski definition) is 8. The molecule has 2 amide bonds. The third kappa shape index (κ3) is 7.76. The Morgan fingerprint density at radius 1 is 0.959 bits per heavy atom. The van der Waals surface area contributed by atoms with Gasteiger partial charge in [-0.3, -0.25) is 9.69 Å². The van der Waals surface area contributed by atoms with Crippen LogP contribution in [0, 0.1) is 5.92 Å². The highest BCUT2D eigenvalue weighted by Gasteiger charge is 2.37. The second-order valence-corrected chi connectivity index (χ2v) is 13.9. The van der Waals surface area contributed by atoms with Crippen LogP contribution >= 0.6 is 11.3 Å². The summed E-state index contributed by atoms with van der Waals surface area (Å²) in [5, 5.41) is 3.67. The van der Waals surface area contributed by atoms with E-state index < -0.39 is 12.1 Å². The molecule has 2 aromatic carbocycles. The number of nitrogens with one attached hydrogen (secondary N) is 3. The zero-order chi connectivity index (χ0) is 34.5. The molecule has 5 aromatic rings. The summed E-state index contributed by atoms with van der Waals surface area (Å²) in [6.45, 7) is 8.46. The Bertz CT molecular complexity index is 1860. The lowest BCUT2D eigenvalue weighted by Crippen LogP contribution is -2.51. The molecule has 0 saturated carbocycles. The highest BCUT2D eigenvalue weighted by atomic mass is 32.1. The lowest BCUT2D eigenvalue weighted by atomic mass is 10.0. The predicted molar refractivity (Wildman–Crippen MR) is 193 cm³/mol. The standard InChI is InChI=1S/C37H44N8O3S/c1-6-17-44(4)22-32-38-19-28(41-32)24-11-15-27(16-12-24)35-40-21-31(49-35)26-13-9-25(10-14-26)29-20-39-34(42-29)30-8-7-18-45(30)36(46)33(23(2)3)43-37(47)48-5/h9-16,19-21,23,30,33H,6-8,17-18,22H2,1-5H3,(H,38,41)(H,39,42)(H,43,47)/t30-,33?/m0/s1. The summed E-state index contributed by atoms with van der Waals surface area (Å²) in [6, 6.07) is 15.9. The van der Waals surface area contributed by atoms with Gasteiger partial charge < -0.3 is 24.9 Å². The Morgan fingerprint density at radius 2 is 1.61 bits per heavy atom. The molecular formula is C37H44N8O3S. The molecule has 3 aromatic heterocycles. The zero-order valence-electron chi connectivity index (χ0n) is 28.7. The Hall–Kier alpha value is -4.81. The fourth-order valence-electron chi connectivity index (χ4n) is 6.30. The monoisotopic (exact) mass is 680 g/mol. The number of imidazole rings is 2. The van der Waals surface area contributed by atoms with Gasteiger partial charge in [-0.15, -0.1) is 11.3 Å². The van der Waals surface area contributed by atoms with Crippen LogP contribution in [0.2, 0.25) is 0 Å². The van der Waals surface area contributed by atoms with E-state index >= 15 is 0 Å². The van der Waals surface area contributed by atoms with Gasteiger partial charge in [0.15, 0.2) is 0 Å². The van der Waals surface area contributed by atoms with Gasteiger partial charge in [0.05, 0.1) is 48.4 Å². The number of alkyl carbamates (subject to hydrolysis) is 1. The first kappa shape index (κ1) is 34.1. The summed E-state index contributed by atoms with van der Waals surface area (Å²) in [7, 11) is 3.41. The van der Waals surface area contributed by atoms with Gasteiger partial charge in [0, 0.05) is 18.3 Å². The van der Waals surface area contributed by atoms with Crippen molar-refractivity contribution in [3.63, 3.8) is 0 Å². The molecule has 6 rings (SSSR count). The number of benzene rings is 2. The van der Waals surface area contributed by atoms with Crippen LogP contribution in [0.1, 0.15) is 57.7 Å². The van der Waals surface area contributed by atoms with E-state index in [2.05, 4.69) is 92.7 Å². The number of ether oxygens (including phenoxy) is 1. The number of rotatable bonds is 12. The average Bonchev–Trinajstić information content (AvgIpc) is 3.94. The molecule has 0 bridgehead atoms. The molecule has 2 atom stereocenters. The first-order valence-corrected chi connectivity index (χ1v) is 17.7. The fourth-order valence-corrected chi connectivity index (χ4v) is 7.23. The highest BCUT2D eigenvalue weighted by Crippen LogP contribution is 2.35. The summed E-state index contributed by atoms with van der Waals surface area (Å²) >= 11 is 1.66. The number of nitrogens with zero attached hydrogens (tertiary/aromatic N) is 5. The van der Waals surface area contributed by atoms with Crippen molar-refractivity contribution in [3.8, 4) is 43.5 Å². The Labute approximate surface area is 291 Å². The maximum absolute atomic E-state index is 13.5. The van der Waals surface area contributed by atoms with Crippen molar-refractivity contribution >= 4 is 23.3 Å². The number of methoxy groups -OCH3 is 1. The summed E-state index contributed by atoms with van der Waals surface area (Å²) in [6.07, 6.45) is 7.83. The molecule has 4 heterocycles. The predicted octanol–water partition coefficient (Wildman–Crippen LogP) is 7.14. The number of carbonyl (C=O) groups excluding carboxylic acids is 2. The largest absolute Gasteiger partial charge is 0.453 e. The third-order valence-electron chi connectivity index (χ3n) is 8.92. The molecular weight excluding hydrogens is 637 g/mol. The quantitative estimate of drug-likeness (QED) is 0.128. The SMILES string of the molecule is CCCN(C)Cc1ncc(-c2ccc(-c3ncc(-c4ccc(-c5cnc([C@@H]6CCCN6C(=O)C(NC(=O)OC)C(C)C)[nH]5)cc4)s3)cc2)[nH]1. The third-order valence-corrected chi connectivity index (χ3v) is 10.0. The number of aromatic nitrogens is 5. The first-order chi connectivity index (χ1) is 23.7. The molecule has 0 aliphatic carbocycles. The number of aromatic amines is 2. The minimum absolute atomic E-state index is 0.0855. The van der Waals surface area contributed by atoms with Crippen LogP contribution in [0.3, 0.4) is 0 Å². The molecule has 3 N–H and O–H groups in total. The van der Waals surface area contributed by atoms with Gasteiger partial charge in [0.2, 0.25) is 5.91 Å². The average molecular weight is 681 g/mol. The van der Waals surface area contributed by atoms with Gasteiger partial charge in [-0.2, -0.15) is 0 Å². The Kier molecular flexibility index (Phi) is 10.5. The van der Waals surface area contributed by atoms with Crippen molar-refractivity contribution < 1.29 is 14.3 Å². The van der Waals surface area contributed by atoms with E-state index in [1.807, 2.05) is 37.3 Å². The molecule has 1 fully saturated rings. The van der Waals surface area contributed by atoms with Gasteiger partial charge in [-0.05, 0) is 55.5 Å². The van der Waals surface area contributed by atoms with E-state index in [0.717, 1.165) is 87.5 Å². The van der Waals surface area contributed by atoms with Crippen LogP contribution in [-0.4, -0.2) is 80.0 Å². The van der Waals surface area contributed by atoms with E-state index in [1.54, 1.807) is 11.3 Å². The molecule has 256 valence electrons. The topological polar surface area (TPSA) is 132 Å². The minimum atomic E-state index is -0.667.